The molecule has 2 aromatic rings. The molecule has 1 fully saturated rings. The van der Waals surface area contributed by atoms with Gasteiger partial charge in [-0.05, 0) is 18.6 Å². The first-order valence-corrected chi connectivity index (χ1v) is 6.61. The van der Waals surface area contributed by atoms with Crippen LogP contribution in [0.5, 0.6) is 0 Å². The van der Waals surface area contributed by atoms with Crippen molar-refractivity contribution in [3.8, 4) is 6.07 Å². The monoisotopic (exact) mass is 268 g/mol. The molecule has 0 aromatic carbocycles. The predicted molar refractivity (Wildman–Crippen MR) is 76.4 cm³/mol. The molecule has 102 valence electrons. The SMILES string of the molecule is Cn1cc(N2CCC(Nc3cccnc3C#N)C2)cn1. The summed E-state index contributed by atoms with van der Waals surface area (Å²) >= 11 is 0. The molecule has 1 N–H and O–H groups in total. The lowest BCUT2D eigenvalue weighted by atomic mass is 10.2. The van der Waals surface area contributed by atoms with Crippen molar-refractivity contribution in [2.24, 2.45) is 7.05 Å². The Morgan fingerprint density at radius 1 is 1.50 bits per heavy atom. The van der Waals surface area contributed by atoms with Gasteiger partial charge in [0.15, 0.2) is 5.69 Å². The van der Waals surface area contributed by atoms with Crippen molar-refractivity contribution in [1.29, 1.82) is 5.26 Å². The maximum atomic E-state index is 9.05. The maximum Gasteiger partial charge on any atom is 0.163 e. The second kappa shape index (κ2) is 5.21. The van der Waals surface area contributed by atoms with Crippen LogP contribution < -0.4 is 10.2 Å². The summed E-state index contributed by atoms with van der Waals surface area (Å²) in [6, 6.07) is 6.19. The second-order valence-electron chi connectivity index (χ2n) is 4.96. The summed E-state index contributed by atoms with van der Waals surface area (Å²) < 4.78 is 1.81. The normalized spacial score (nSPS) is 18.0. The predicted octanol–water partition coefficient (Wildman–Crippen LogP) is 1.38. The number of rotatable bonds is 3. The van der Waals surface area contributed by atoms with Crippen molar-refractivity contribution in [2.45, 2.75) is 12.5 Å². The second-order valence-corrected chi connectivity index (χ2v) is 4.96. The third-order valence-corrected chi connectivity index (χ3v) is 3.52. The Labute approximate surface area is 117 Å². The molecule has 0 aliphatic carbocycles. The summed E-state index contributed by atoms with van der Waals surface area (Å²) in [5, 5.41) is 16.7. The Bertz CT molecular complexity index is 641. The van der Waals surface area contributed by atoms with Crippen LogP contribution in [-0.2, 0) is 7.05 Å². The van der Waals surface area contributed by atoms with Crippen LogP contribution >= 0.6 is 0 Å². The molecule has 3 rings (SSSR count). The highest BCUT2D eigenvalue weighted by Crippen LogP contribution is 2.22. The lowest BCUT2D eigenvalue weighted by Crippen LogP contribution is -2.26. The van der Waals surface area contributed by atoms with E-state index >= 15 is 0 Å². The molecule has 0 radical (unpaired) electrons. The number of aromatic nitrogens is 3. The van der Waals surface area contributed by atoms with Crippen molar-refractivity contribution in [3.63, 3.8) is 0 Å². The van der Waals surface area contributed by atoms with Gasteiger partial charge in [0.05, 0.1) is 17.6 Å². The van der Waals surface area contributed by atoms with Gasteiger partial charge in [-0.15, -0.1) is 0 Å². The summed E-state index contributed by atoms with van der Waals surface area (Å²) in [6.45, 7) is 1.90. The zero-order valence-corrected chi connectivity index (χ0v) is 11.3. The summed E-state index contributed by atoms with van der Waals surface area (Å²) in [4.78, 5) is 6.37. The number of hydrogen-bond acceptors (Lipinski definition) is 5. The summed E-state index contributed by atoms with van der Waals surface area (Å²) in [7, 11) is 1.92. The third-order valence-electron chi connectivity index (χ3n) is 3.52. The zero-order valence-electron chi connectivity index (χ0n) is 11.3. The number of anilines is 2. The van der Waals surface area contributed by atoms with E-state index < -0.39 is 0 Å². The van der Waals surface area contributed by atoms with Gasteiger partial charge in [0.1, 0.15) is 6.07 Å². The van der Waals surface area contributed by atoms with Crippen molar-refractivity contribution in [2.75, 3.05) is 23.3 Å². The van der Waals surface area contributed by atoms with E-state index in [0.29, 0.717) is 11.7 Å². The largest absolute Gasteiger partial charge is 0.378 e. The van der Waals surface area contributed by atoms with E-state index in [2.05, 4.69) is 26.4 Å². The molecule has 1 aliphatic heterocycles. The maximum absolute atomic E-state index is 9.05. The van der Waals surface area contributed by atoms with Gasteiger partial charge < -0.3 is 10.2 Å². The molecule has 3 heterocycles. The molecule has 1 aliphatic rings. The van der Waals surface area contributed by atoms with Gasteiger partial charge in [0, 0.05) is 38.6 Å². The molecular formula is C14H16N6. The van der Waals surface area contributed by atoms with Gasteiger partial charge in [0.25, 0.3) is 0 Å². The molecule has 0 saturated carbocycles. The van der Waals surface area contributed by atoms with E-state index in [-0.39, 0.29) is 0 Å². The van der Waals surface area contributed by atoms with Crippen molar-refractivity contribution >= 4 is 11.4 Å². The topological polar surface area (TPSA) is 69.8 Å². The van der Waals surface area contributed by atoms with Crippen LogP contribution in [0.2, 0.25) is 0 Å². The number of nitrogens with one attached hydrogen (secondary N) is 1. The van der Waals surface area contributed by atoms with Crippen LogP contribution in [0.25, 0.3) is 0 Å². The molecule has 0 bridgehead atoms. The van der Waals surface area contributed by atoms with Crippen molar-refractivity contribution in [1.82, 2.24) is 14.8 Å². The minimum atomic E-state index is 0.325. The van der Waals surface area contributed by atoms with Gasteiger partial charge >= 0.3 is 0 Å². The number of hydrogen-bond donors (Lipinski definition) is 1. The highest BCUT2D eigenvalue weighted by Gasteiger charge is 2.24. The number of nitrogens with zero attached hydrogens (tertiary/aromatic N) is 5. The average Bonchev–Trinajstić information content (AvgIpc) is 3.08. The minimum absolute atomic E-state index is 0.325. The number of aryl methyl sites for hydroxylation is 1. The molecule has 1 saturated heterocycles. The van der Waals surface area contributed by atoms with E-state index in [9.17, 15) is 0 Å². The zero-order chi connectivity index (χ0) is 13.9. The van der Waals surface area contributed by atoms with Crippen LogP contribution in [0.1, 0.15) is 12.1 Å². The van der Waals surface area contributed by atoms with Crippen molar-refractivity contribution < 1.29 is 0 Å². The van der Waals surface area contributed by atoms with Crippen LogP contribution in [0.15, 0.2) is 30.7 Å². The van der Waals surface area contributed by atoms with Crippen LogP contribution in [0, 0.1) is 11.3 Å². The molecule has 6 nitrogen and oxygen atoms in total. The van der Waals surface area contributed by atoms with Crippen molar-refractivity contribution in [3.05, 3.63) is 36.4 Å². The molecule has 0 spiro atoms. The minimum Gasteiger partial charge on any atom is -0.378 e. The highest BCUT2D eigenvalue weighted by atomic mass is 15.3. The average molecular weight is 268 g/mol. The lowest BCUT2D eigenvalue weighted by molar-refractivity contribution is 0.767. The quantitative estimate of drug-likeness (QED) is 0.910. The molecule has 0 amide bonds. The van der Waals surface area contributed by atoms with Gasteiger partial charge in [0.2, 0.25) is 0 Å². The fourth-order valence-corrected chi connectivity index (χ4v) is 2.51. The van der Waals surface area contributed by atoms with Crippen LogP contribution in [0.4, 0.5) is 11.4 Å². The Kier molecular flexibility index (Phi) is 3.25. The van der Waals surface area contributed by atoms with E-state index in [1.54, 1.807) is 6.20 Å². The van der Waals surface area contributed by atoms with Crippen LogP contribution in [0.3, 0.4) is 0 Å². The van der Waals surface area contributed by atoms with E-state index in [1.165, 1.54) is 0 Å². The Morgan fingerprint density at radius 2 is 2.40 bits per heavy atom. The molecule has 1 atom stereocenters. The van der Waals surface area contributed by atoms with Gasteiger partial charge in [-0.1, -0.05) is 0 Å². The van der Waals surface area contributed by atoms with Crippen LogP contribution in [-0.4, -0.2) is 33.9 Å². The highest BCUT2D eigenvalue weighted by molar-refractivity contribution is 5.55. The lowest BCUT2D eigenvalue weighted by Gasteiger charge is -2.17. The number of pyridine rings is 1. The Morgan fingerprint density at radius 3 is 3.15 bits per heavy atom. The van der Waals surface area contributed by atoms with Gasteiger partial charge in [-0.3, -0.25) is 4.68 Å². The number of nitriles is 1. The summed E-state index contributed by atoms with van der Waals surface area (Å²) in [5.41, 5.74) is 2.41. The van der Waals surface area contributed by atoms with E-state index in [0.717, 1.165) is 30.9 Å². The standard InChI is InChI=1S/C14H16N6/c1-19-10-12(8-17-19)20-6-4-11(9-20)18-13-3-2-5-16-14(13)7-15/h2-3,5,8,10-11,18H,4,6,9H2,1H3. The Hall–Kier alpha value is -2.55. The molecule has 2 aromatic heterocycles. The molecule has 1 unspecified atom stereocenters. The van der Waals surface area contributed by atoms with Gasteiger partial charge in [-0.25, -0.2) is 4.98 Å². The first kappa shape index (κ1) is 12.5. The first-order valence-electron chi connectivity index (χ1n) is 6.61. The Balaban J connectivity index is 1.67. The smallest absolute Gasteiger partial charge is 0.163 e. The van der Waals surface area contributed by atoms with E-state index in [4.69, 9.17) is 5.26 Å². The molecule has 20 heavy (non-hydrogen) atoms. The fourth-order valence-electron chi connectivity index (χ4n) is 2.51. The van der Waals surface area contributed by atoms with E-state index in [1.807, 2.05) is 36.3 Å². The summed E-state index contributed by atoms with van der Waals surface area (Å²) in [6.07, 6.45) is 6.58. The molecule has 6 heteroatoms. The molecular weight excluding hydrogens is 252 g/mol. The first-order chi connectivity index (χ1) is 9.76. The fraction of sp³-hybridized carbons (Fsp3) is 0.357. The third kappa shape index (κ3) is 2.43. The van der Waals surface area contributed by atoms with Gasteiger partial charge in [-0.2, -0.15) is 10.4 Å². The summed E-state index contributed by atoms with van der Waals surface area (Å²) in [5.74, 6) is 0.